The molecule has 15 heavy (non-hydrogen) atoms. The van der Waals surface area contributed by atoms with Crippen LogP contribution in [0.5, 0.6) is 0 Å². The summed E-state index contributed by atoms with van der Waals surface area (Å²) in [4.78, 5) is 2.34. The molecule has 0 bridgehead atoms. The lowest BCUT2D eigenvalue weighted by atomic mass is 10.0. The van der Waals surface area contributed by atoms with Crippen LogP contribution in [0.1, 0.15) is 18.5 Å². The van der Waals surface area contributed by atoms with E-state index in [-0.39, 0.29) is 5.82 Å². The molecule has 82 valence electrons. The molecule has 2 rings (SSSR count). The Balaban J connectivity index is 2.05. The Bertz CT molecular complexity index is 319. The van der Waals surface area contributed by atoms with E-state index in [0.717, 1.165) is 13.1 Å². The lowest BCUT2D eigenvalue weighted by Crippen LogP contribution is -2.56. The predicted octanol–water partition coefficient (Wildman–Crippen LogP) is 1.79. The highest BCUT2D eigenvalue weighted by Gasteiger charge is 2.25. The van der Waals surface area contributed by atoms with E-state index >= 15 is 0 Å². The third kappa shape index (κ3) is 2.19. The summed E-state index contributed by atoms with van der Waals surface area (Å²) in [6.45, 7) is 4.27. The van der Waals surface area contributed by atoms with E-state index in [1.54, 1.807) is 0 Å². The van der Waals surface area contributed by atoms with Crippen molar-refractivity contribution in [2.24, 2.45) is 0 Å². The Labute approximate surface area is 90.1 Å². The maximum absolute atomic E-state index is 12.8. The molecule has 0 amide bonds. The highest BCUT2D eigenvalue weighted by atomic mass is 19.1. The van der Waals surface area contributed by atoms with Crippen LogP contribution in [-0.4, -0.2) is 31.1 Å². The van der Waals surface area contributed by atoms with Gasteiger partial charge >= 0.3 is 0 Å². The van der Waals surface area contributed by atoms with Crippen LogP contribution >= 0.6 is 0 Å². The zero-order chi connectivity index (χ0) is 10.8. The van der Waals surface area contributed by atoms with E-state index in [9.17, 15) is 4.39 Å². The molecule has 1 atom stereocenters. The normalized spacial score (nSPS) is 18.9. The van der Waals surface area contributed by atoms with Crippen LogP contribution in [0.3, 0.4) is 0 Å². The van der Waals surface area contributed by atoms with Crippen molar-refractivity contribution >= 4 is 0 Å². The molecule has 0 aliphatic carbocycles. The first-order valence-electron chi connectivity index (χ1n) is 5.36. The maximum Gasteiger partial charge on any atom is 0.123 e. The number of nitrogens with one attached hydrogen (secondary N) is 1. The number of hydrogen-bond donors (Lipinski definition) is 1. The molecule has 1 unspecified atom stereocenters. The predicted molar refractivity (Wildman–Crippen MR) is 59.2 cm³/mol. The molecule has 1 aliphatic rings. The van der Waals surface area contributed by atoms with Crippen LogP contribution in [0.15, 0.2) is 24.3 Å². The number of halogens is 1. The second-order valence-electron chi connectivity index (χ2n) is 4.21. The molecule has 1 heterocycles. The minimum absolute atomic E-state index is 0.168. The van der Waals surface area contributed by atoms with Crippen molar-refractivity contribution < 1.29 is 4.39 Å². The zero-order valence-corrected chi connectivity index (χ0v) is 9.20. The van der Waals surface area contributed by atoms with Gasteiger partial charge in [-0.05, 0) is 31.7 Å². The maximum atomic E-state index is 12.8. The van der Waals surface area contributed by atoms with Gasteiger partial charge in [0.25, 0.3) is 0 Å². The van der Waals surface area contributed by atoms with E-state index in [1.807, 2.05) is 12.1 Å². The molecule has 1 saturated heterocycles. The average Bonchev–Trinajstić information content (AvgIpc) is 2.15. The summed E-state index contributed by atoms with van der Waals surface area (Å²) in [5.74, 6) is -0.168. The number of benzene rings is 1. The van der Waals surface area contributed by atoms with E-state index in [0.29, 0.717) is 12.1 Å². The largest absolute Gasteiger partial charge is 0.314 e. The van der Waals surface area contributed by atoms with Gasteiger partial charge in [-0.25, -0.2) is 4.39 Å². The number of rotatable bonds is 3. The van der Waals surface area contributed by atoms with E-state index < -0.39 is 0 Å². The molecule has 0 spiro atoms. The minimum atomic E-state index is -0.168. The molecular formula is C12H17FN2. The third-order valence-corrected chi connectivity index (χ3v) is 3.30. The molecule has 3 heteroatoms. The topological polar surface area (TPSA) is 15.3 Å². The molecular weight excluding hydrogens is 191 g/mol. The summed E-state index contributed by atoms with van der Waals surface area (Å²) >= 11 is 0. The van der Waals surface area contributed by atoms with Crippen molar-refractivity contribution in [1.82, 2.24) is 10.2 Å². The molecule has 0 aromatic heterocycles. The highest BCUT2D eigenvalue weighted by molar-refractivity contribution is 5.19. The first kappa shape index (κ1) is 10.6. The van der Waals surface area contributed by atoms with Crippen LogP contribution in [0.25, 0.3) is 0 Å². The van der Waals surface area contributed by atoms with Crippen LogP contribution in [0, 0.1) is 5.82 Å². The molecule has 1 N–H and O–H groups in total. The lowest BCUT2D eigenvalue weighted by molar-refractivity contribution is 0.136. The third-order valence-electron chi connectivity index (χ3n) is 3.30. The first-order valence-corrected chi connectivity index (χ1v) is 5.36. The zero-order valence-electron chi connectivity index (χ0n) is 9.20. The second-order valence-corrected chi connectivity index (χ2v) is 4.21. The SMILES string of the molecule is CC(c1ccc(F)cc1)N(C)C1CNC1. The first-order chi connectivity index (χ1) is 7.18. The minimum Gasteiger partial charge on any atom is -0.314 e. The highest BCUT2D eigenvalue weighted by Crippen LogP contribution is 2.22. The van der Waals surface area contributed by atoms with Gasteiger partial charge in [0.2, 0.25) is 0 Å². The Morgan fingerprint density at radius 1 is 1.33 bits per heavy atom. The van der Waals surface area contributed by atoms with Gasteiger partial charge in [0, 0.05) is 25.2 Å². The van der Waals surface area contributed by atoms with Crippen LogP contribution in [0.4, 0.5) is 4.39 Å². The smallest absolute Gasteiger partial charge is 0.123 e. The van der Waals surface area contributed by atoms with Crippen molar-refractivity contribution in [3.8, 4) is 0 Å². The van der Waals surface area contributed by atoms with E-state index in [1.165, 1.54) is 17.7 Å². The van der Waals surface area contributed by atoms with Gasteiger partial charge in [-0.15, -0.1) is 0 Å². The Hall–Kier alpha value is -0.930. The fourth-order valence-electron chi connectivity index (χ4n) is 1.85. The van der Waals surface area contributed by atoms with Gasteiger partial charge in [0.15, 0.2) is 0 Å². The summed E-state index contributed by atoms with van der Waals surface area (Å²) in [6.07, 6.45) is 0. The Morgan fingerprint density at radius 3 is 2.40 bits per heavy atom. The van der Waals surface area contributed by atoms with E-state index in [2.05, 4.69) is 24.2 Å². The molecule has 0 saturated carbocycles. The average molecular weight is 208 g/mol. The fraction of sp³-hybridized carbons (Fsp3) is 0.500. The molecule has 1 aliphatic heterocycles. The fourth-order valence-corrected chi connectivity index (χ4v) is 1.85. The molecule has 1 aromatic rings. The Kier molecular flexibility index (Phi) is 3.03. The van der Waals surface area contributed by atoms with Crippen LogP contribution < -0.4 is 5.32 Å². The molecule has 1 aromatic carbocycles. The number of nitrogens with zero attached hydrogens (tertiary/aromatic N) is 1. The van der Waals surface area contributed by atoms with Gasteiger partial charge in [-0.3, -0.25) is 4.90 Å². The number of likely N-dealkylation sites (N-methyl/N-ethyl adjacent to an activating group) is 1. The summed E-state index contributed by atoms with van der Waals surface area (Å²) < 4.78 is 12.8. The van der Waals surface area contributed by atoms with Crippen molar-refractivity contribution in [2.75, 3.05) is 20.1 Å². The summed E-state index contributed by atoms with van der Waals surface area (Å²) in [6, 6.07) is 7.74. The summed E-state index contributed by atoms with van der Waals surface area (Å²) in [5.41, 5.74) is 1.17. The van der Waals surface area contributed by atoms with Crippen LogP contribution in [0.2, 0.25) is 0 Å². The monoisotopic (exact) mass is 208 g/mol. The molecule has 1 fully saturated rings. The quantitative estimate of drug-likeness (QED) is 0.814. The lowest BCUT2D eigenvalue weighted by Gasteiger charge is -2.39. The van der Waals surface area contributed by atoms with Gasteiger partial charge < -0.3 is 5.32 Å². The van der Waals surface area contributed by atoms with Crippen LogP contribution in [-0.2, 0) is 0 Å². The summed E-state index contributed by atoms with van der Waals surface area (Å²) in [7, 11) is 2.12. The summed E-state index contributed by atoms with van der Waals surface area (Å²) in [5, 5.41) is 3.26. The van der Waals surface area contributed by atoms with Gasteiger partial charge in [-0.1, -0.05) is 12.1 Å². The molecule has 2 nitrogen and oxygen atoms in total. The Morgan fingerprint density at radius 2 is 1.93 bits per heavy atom. The standard InChI is InChI=1S/C12H17FN2/c1-9(15(2)12-7-14-8-12)10-3-5-11(13)6-4-10/h3-6,9,12,14H,7-8H2,1-2H3. The second kappa shape index (κ2) is 4.29. The van der Waals surface area contributed by atoms with Gasteiger partial charge in [-0.2, -0.15) is 0 Å². The van der Waals surface area contributed by atoms with Crippen molar-refractivity contribution in [3.63, 3.8) is 0 Å². The van der Waals surface area contributed by atoms with Gasteiger partial charge in [0.1, 0.15) is 5.82 Å². The van der Waals surface area contributed by atoms with Crippen molar-refractivity contribution in [3.05, 3.63) is 35.6 Å². The van der Waals surface area contributed by atoms with Crippen molar-refractivity contribution in [2.45, 2.75) is 19.0 Å². The van der Waals surface area contributed by atoms with Gasteiger partial charge in [0.05, 0.1) is 0 Å². The molecule has 0 radical (unpaired) electrons. The number of hydrogen-bond acceptors (Lipinski definition) is 2. The van der Waals surface area contributed by atoms with Crippen molar-refractivity contribution in [1.29, 1.82) is 0 Å². The van der Waals surface area contributed by atoms with E-state index in [4.69, 9.17) is 0 Å².